The normalized spacial score (nSPS) is 17.9. The Morgan fingerprint density at radius 2 is 2.04 bits per heavy atom. The highest BCUT2D eigenvalue weighted by molar-refractivity contribution is 5.95. The van der Waals surface area contributed by atoms with Crippen LogP contribution in [0.15, 0.2) is 35.5 Å². The summed E-state index contributed by atoms with van der Waals surface area (Å²) >= 11 is 0. The van der Waals surface area contributed by atoms with Gasteiger partial charge >= 0.3 is 5.97 Å². The molecule has 130 valence electrons. The third-order valence-electron chi connectivity index (χ3n) is 3.74. The van der Waals surface area contributed by atoms with E-state index >= 15 is 0 Å². The minimum Gasteiger partial charge on any atom is -0.460 e. The lowest BCUT2D eigenvalue weighted by molar-refractivity contribution is -0.141. The zero-order valence-corrected chi connectivity index (χ0v) is 14.1. The molecule has 6 heteroatoms. The molecule has 1 N–H and O–H groups in total. The number of benzene rings is 1. The molecule has 5 nitrogen and oxygen atoms in total. The van der Waals surface area contributed by atoms with Crippen molar-refractivity contribution < 1.29 is 23.5 Å². The van der Waals surface area contributed by atoms with Gasteiger partial charge < -0.3 is 14.8 Å². The van der Waals surface area contributed by atoms with Gasteiger partial charge in [-0.05, 0) is 32.4 Å². The molecule has 0 bridgehead atoms. The molecule has 1 aliphatic rings. The summed E-state index contributed by atoms with van der Waals surface area (Å²) in [5.41, 5.74) is 0.996. The van der Waals surface area contributed by atoms with Crippen LogP contribution >= 0.6 is 0 Å². The Kier molecular flexibility index (Phi) is 6.09. The zero-order valence-electron chi connectivity index (χ0n) is 14.1. The number of carbonyl (C=O) groups is 2. The number of esters is 1. The van der Waals surface area contributed by atoms with Crippen LogP contribution in [0.3, 0.4) is 0 Å². The fourth-order valence-corrected chi connectivity index (χ4v) is 2.69. The molecule has 1 aromatic rings. The van der Waals surface area contributed by atoms with Crippen LogP contribution in [0.4, 0.5) is 4.39 Å². The molecule has 0 spiro atoms. The highest BCUT2D eigenvalue weighted by atomic mass is 19.1. The molecule has 0 saturated heterocycles. The summed E-state index contributed by atoms with van der Waals surface area (Å²) in [6, 6.07) is 6.15. The summed E-state index contributed by atoms with van der Waals surface area (Å²) in [5, 5.41) is 2.62. The van der Waals surface area contributed by atoms with Crippen LogP contribution in [0.1, 0.15) is 38.7 Å². The van der Waals surface area contributed by atoms with Gasteiger partial charge in [0.15, 0.2) is 0 Å². The summed E-state index contributed by atoms with van der Waals surface area (Å²) in [5.74, 6) is -1.91. The van der Waals surface area contributed by atoms with Gasteiger partial charge in [-0.25, -0.2) is 9.18 Å². The van der Waals surface area contributed by atoms with E-state index in [0.717, 1.165) is 0 Å². The SMILES string of the molecule is CC1=C(C(=O)OCCOC(C)C)[C@@H](c2ccccc2F)CC(=O)N1. The van der Waals surface area contributed by atoms with Crippen molar-refractivity contribution in [2.75, 3.05) is 13.2 Å². The third kappa shape index (κ3) is 4.41. The number of rotatable bonds is 6. The molecule has 2 rings (SSSR count). The van der Waals surface area contributed by atoms with Crippen molar-refractivity contribution in [1.82, 2.24) is 5.32 Å². The van der Waals surface area contributed by atoms with Gasteiger partial charge in [-0.2, -0.15) is 0 Å². The van der Waals surface area contributed by atoms with Gasteiger partial charge in [0.1, 0.15) is 12.4 Å². The van der Waals surface area contributed by atoms with E-state index in [1.54, 1.807) is 25.1 Å². The quantitative estimate of drug-likeness (QED) is 0.641. The Morgan fingerprint density at radius 1 is 1.33 bits per heavy atom. The van der Waals surface area contributed by atoms with E-state index in [-0.39, 0.29) is 37.2 Å². The number of halogens is 1. The second-order valence-corrected chi connectivity index (χ2v) is 5.92. The molecule has 0 unspecified atom stereocenters. The third-order valence-corrected chi connectivity index (χ3v) is 3.74. The molecule has 0 aliphatic carbocycles. The Balaban J connectivity index is 2.19. The van der Waals surface area contributed by atoms with Crippen LogP contribution < -0.4 is 5.32 Å². The topological polar surface area (TPSA) is 64.6 Å². The Labute approximate surface area is 140 Å². The number of hydrogen-bond donors (Lipinski definition) is 1. The number of allylic oxidation sites excluding steroid dienone is 1. The summed E-state index contributed by atoms with van der Waals surface area (Å²) in [6.07, 6.45) is 0.0513. The van der Waals surface area contributed by atoms with Gasteiger partial charge in [-0.1, -0.05) is 18.2 Å². The minimum absolute atomic E-state index is 0.00516. The van der Waals surface area contributed by atoms with Crippen molar-refractivity contribution in [2.45, 2.75) is 39.2 Å². The number of nitrogens with one attached hydrogen (secondary N) is 1. The molecule has 1 aromatic carbocycles. The summed E-state index contributed by atoms with van der Waals surface area (Å²) in [7, 11) is 0. The Hall–Kier alpha value is -2.21. The fourth-order valence-electron chi connectivity index (χ4n) is 2.69. The first-order chi connectivity index (χ1) is 11.4. The first-order valence-corrected chi connectivity index (χ1v) is 7.94. The van der Waals surface area contributed by atoms with Gasteiger partial charge in [-0.15, -0.1) is 0 Å². The molecular formula is C18H22FNO4. The van der Waals surface area contributed by atoms with Crippen molar-refractivity contribution in [3.63, 3.8) is 0 Å². The lowest BCUT2D eigenvalue weighted by atomic mass is 9.84. The number of amides is 1. The lowest BCUT2D eigenvalue weighted by Gasteiger charge is -2.26. The minimum atomic E-state index is -0.654. The van der Waals surface area contributed by atoms with Gasteiger partial charge in [0, 0.05) is 18.0 Å². The fraction of sp³-hybridized carbons (Fsp3) is 0.444. The van der Waals surface area contributed by atoms with Crippen molar-refractivity contribution in [3.8, 4) is 0 Å². The average Bonchev–Trinajstić information content (AvgIpc) is 2.51. The van der Waals surface area contributed by atoms with E-state index in [9.17, 15) is 14.0 Å². The Morgan fingerprint density at radius 3 is 2.71 bits per heavy atom. The lowest BCUT2D eigenvalue weighted by Crippen LogP contribution is -2.34. The molecule has 0 aromatic heterocycles. The van der Waals surface area contributed by atoms with E-state index in [1.165, 1.54) is 6.07 Å². The van der Waals surface area contributed by atoms with E-state index in [2.05, 4.69) is 5.32 Å². The monoisotopic (exact) mass is 335 g/mol. The van der Waals surface area contributed by atoms with Crippen LogP contribution in [0.25, 0.3) is 0 Å². The molecule has 1 heterocycles. The molecule has 0 radical (unpaired) electrons. The molecule has 0 fully saturated rings. The van der Waals surface area contributed by atoms with Crippen LogP contribution in [-0.2, 0) is 19.1 Å². The van der Waals surface area contributed by atoms with E-state index in [0.29, 0.717) is 11.3 Å². The highest BCUT2D eigenvalue weighted by Gasteiger charge is 2.34. The molecule has 1 amide bonds. The van der Waals surface area contributed by atoms with Crippen molar-refractivity contribution in [1.29, 1.82) is 0 Å². The molecular weight excluding hydrogens is 313 g/mol. The smallest absolute Gasteiger partial charge is 0.336 e. The number of carbonyl (C=O) groups excluding carboxylic acids is 2. The standard InChI is InChI=1S/C18H22FNO4/c1-11(2)23-8-9-24-18(22)17-12(3)20-16(21)10-14(17)13-6-4-5-7-15(13)19/h4-7,11,14H,8-10H2,1-3H3,(H,20,21)/t14-/m1/s1. The predicted octanol–water partition coefficient (Wildman–Crippen LogP) is 2.67. The predicted molar refractivity (Wildman–Crippen MR) is 86.6 cm³/mol. The molecule has 0 saturated carbocycles. The van der Waals surface area contributed by atoms with Crippen LogP contribution in [0.5, 0.6) is 0 Å². The molecule has 24 heavy (non-hydrogen) atoms. The number of hydrogen-bond acceptors (Lipinski definition) is 4. The van der Waals surface area contributed by atoms with Gasteiger partial charge in [0.05, 0.1) is 18.3 Å². The van der Waals surface area contributed by atoms with Gasteiger partial charge in [0.2, 0.25) is 5.91 Å². The molecule has 1 atom stereocenters. The second kappa shape index (κ2) is 8.06. The molecule has 1 aliphatic heterocycles. The van der Waals surface area contributed by atoms with Crippen molar-refractivity contribution in [3.05, 3.63) is 46.9 Å². The van der Waals surface area contributed by atoms with Crippen LogP contribution in [0.2, 0.25) is 0 Å². The van der Waals surface area contributed by atoms with Crippen LogP contribution in [-0.4, -0.2) is 31.2 Å². The summed E-state index contributed by atoms with van der Waals surface area (Å²) in [4.78, 5) is 24.3. The zero-order chi connectivity index (χ0) is 17.7. The van der Waals surface area contributed by atoms with Crippen LogP contribution in [0, 0.1) is 5.82 Å². The highest BCUT2D eigenvalue weighted by Crippen LogP contribution is 2.34. The summed E-state index contributed by atoms with van der Waals surface area (Å²) in [6.45, 7) is 5.78. The second-order valence-electron chi connectivity index (χ2n) is 5.92. The van der Waals surface area contributed by atoms with Crippen molar-refractivity contribution >= 4 is 11.9 Å². The Bertz CT molecular complexity index is 654. The van der Waals surface area contributed by atoms with E-state index in [4.69, 9.17) is 9.47 Å². The summed E-state index contributed by atoms with van der Waals surface area (Å²) < 4.78 is 24.7. The maximum atomic E-state index is 14.1. The average molecular weight is 335 g/mol. The number of ether oxygens (including phenoxy) is 2. The van der Waals surface area contributed by atoms with E-state index in [1.807, 2.05) is 13.8 Å². The van der Waals surface area contributed by atoms with Crippen molar-refractivity contribution in [2.24, 2.45) is 0 Å². The largest absolute Gasteiger partial charge is 0.460 e. The van der Waals surface area contributed by atoms with Gasteiger partial charge in [-0.3, -0.25) is 4.79 Å². The van der Waals surface area contributed by atoms with E-state index < -0.39 is 17.7 Å². The first-order valence-electron chi connectivity index (χ1n) is 7.94. The maximum Gasteiger partial charge on any atom is 0.336 e. The first kappa shape index (κ1) is 18.1. The maximum absolute atomic E-state index is 14.1. The van der Waals surface area contributed by atoms with Gasteiger partial charge in [0.25, 0.3) is 0 Å².